The monoisotopic (exact) mass is 1600 g/mol. The molecule has 1 aromatic heterocycles. The Kier molecular flexibility index (Phi) is 16.5. The van der Waals surface area contributed by atoms with Crippen LogP contribution < -0.4 is 26.2 Å². The Morgan fingerprint density at radius 1 is 0.250 bits per heavy atom. The molecule has 13 aromatic rings. The van der Waals surface area contributed by atoms with Gasteiger partial charge in [-0.15, -0.1) is 0 Å². The minimum absolute atomic E-state index is 0.0199. The first kappa shape index (κ1) is 68.7. The molecule has 0 aliphatic carbocycles. The predicted molar refractivity (Wildman–Crippen MR) is 528 cm³/mol. The Balaban J connectivity index is 1.29. The Hall–Kier alpha value is -9.90. The zero-order chi connectivity index (χ0) is 99.4. The van der Waals surface area contributed by atoms with E-state index in [1.807, 2.05) is 95.2 Å². The number of hydrogen-bond acceptors (Lipinski definition) is 2. The number of benzene rings is 12. The lowest BCUT2D eigenvalue weighted by atomic mass is 9.33. The SMILES string of the molecule is [2H]c1c([2H])c([2H])c(-c2ccc3c(c2)N(c2c(-c4cc(C(C)(C)C)cc(C(C)(C)C)c4)cc(C(C)(C)C)cc2-c2ccccc2C(C)(C)C)c2cc(C(C)(C)C)cc4c2B3c2ccc(-n3c5ccc(C(C)(C)C)cc5c5cc(C(C)(C)C)ccc53)cc2N4c2c(-c3c([2H])c([2H])c(C(C)(C)C)c([2H])c3[2H])c([2H])c(C(C)(C)C)c([2H])c2-c2c([2H])c(C(C)(C)C)c([2H])c([2H])c2C(C)(C)C)c([2H])c1[2H]. The van der Waals surface area contributed by atoms with Crippen molar-refractivity contribution in [2.45, 2.75) is 288 Å². The summed E-state index contributed by atoms with van der Waals surface area (Å²) in [5.74, 6) is 0. The molecule has 0 saturated carbocycles. The number of hydrogen-bond donors (Lipinski definition) is 0. The molecule has 0 N–H and O–H groups in total. The second-order valence-corrected chi connectivity index (χ2v) is 45.8. The molecule has 0 unspecified atom stereocenters. The van der Waals surface area contributed by atoms with Crippen molar-refractivity contribution in [2.24, 2.45) is 0 Å². The zero-order valence-electron chi connectivity index (χ0n) is 92.2. The smallest absolute Gasteiger partial charge is 0.252 e. The lowest BCUT2D eigenvalue weighted by Gasteiger charge is -2.47. The third-order valence-electron chi connectivity index (χ3n) is 24.8. The summed E-state index contributed by atoms with van der Waals surface area (Å²) in [5.41, 5.74) is 13.4. The molecule has 3 nitrogen and oxygen atoms in total. The maximum absolute atomic E-state index is 11.8. The number of fused-ring (bicyclic) bond motifs is 7. The summed E-state index contributed by atoms with van der Waals surface area (Å²) >= 11 is 0. The van der Waals surface area contributed by atoms with Crippen LogP contribution >= 0.6 is 0 Å². The molecule has 0 saturated heterocycles. The summed E-state index contributed by atoms with van der Waals surface area (Å²) in [6.07, 6.45) is 0. The van der Waals surface area contributed by atoms with Gasteiger partial charge in [-0.1, -0.05) is 374 Å². The predicted octanol–water partition coefficient (Wildman–Crippen LogP) is 31.5. The highest BCUT2D eigenvalue weighted by molar-refractivity contribution is 7.00. The van der Waals surface area contributed by atoms with Crippen LogP contribution in [0.4, 0.5) is 34.1 Å². The van der Waals surface area contributed by atoms with Crippen LogP contribution in [0.25, 0.3) is 83.1 Å². The van der Waals surface area contributed by atoms with Gasteiger partial charge in [0.05, 0.1) is 41.6 Å². The first-order valence-corrected chi connectivity index (χ1v) is 43.4. The molecule has 0 fully saturated rings. The molecule has 3 heterocycles. The third-order valence-corrected chi connectivity index (χ3v) is 24.8. The van der Waals surface area contributed by atoms with E-state index in [0.717, 1.165) is 99.6 Å². The van der Waals surface area contributed by atoms with Gasteiger partial charge in [0.1, 0.15) is 0 Å². The molecule has 4 heteroatoms. The van der Waals surface area contributed by atoms with Crippen molar-refractivity contribution < 1.29 is 19.2 Å². The highest BCUT2D eigenvalue weighted by atomic mass is 15.2. The van der Waals surface area contributed by atoms with E-state index in [9.17, 15) is 17.8 Å². The van der Waals surface area contributed by atoms with Gasteiger partial charge in [-0.25, -0.2) is 0 Å². The van der Waals surface area contributed by atoms with Crippen molar-refractivity contribution in [1.82, 2.24) is 4.57 Å². The van der Waals surface area contributed by atoms with E-state index in [1.54, 1.807) is 0 Å². The third kappa shape index (κ3) is 15.6. The van der Waals surface area contributed by atoms with Gasteiger partial charge in [-0.2, -0.15) is 0 Å². The molecule has 618 valence electrons. The van der Waals surface area contributed by atoms with E-state index in [2.05, 4.69) is 287 Å². The first-order chi connectivity index (χ1) is 61.3. The minimum atomic E-state index is -1.11. The normalized spacial score (nSPS) is 15.6. The molecule has 12 aromatic carbocycles. The van der Waals surface area contributed by atoms with Gasteiger partial charge >= 0.3 is 0 Å². The van der Waals surface area contributed by atoms with Gasteiger partial charge in [0.25, 0.3) is 6.71 Å². The van der Waals surface area contributed by atoms with Crippen LogP contribution in [0.5, 0.6) is 0 Å². The Bertz CT molecular complexity index is 6960. The van der Waals surface area contributed by atoms with E-state index in [4.69, 9.17) is 1.37 Å². The molecule has 0 bridgehead atoms. The quantitative estimate of drug-likeness (QED) is 0.141. The van der Waals surface area contributed by atoms with Gasteiger partial charge in [0.2, 0.25) is 0 Å². The molecule has 0 radical (unpaired) electrons. The van der Waals surface area contributed by atoms with Crippen molar-refractivity contribution in [1.29, 1.82) is 0 Å². The molecule has 0 atom stereocenters. The topological polar surface area (TPSA) is 11.4 Å². The van der Waals surface area contributed by atoms with E-state index < -0.39 is 74.8 Å². The van der Waals surface area contributed by atoms with E-state index in [1.165, 1.54) is 0 Å². The zero-order valence-corrected chi connectivity index (χ0v) is 78.2. The number of nitrogens with zero attached hydrogens (tertiary/aromatic N) is 3. The average Bonchev–Trinajstić information content (AvgIpc) is 0.738. The Labute approximate surface area is 743 Å². The molecule has 0 spiro atoms. The van der Waals surface area contributed by atoms with Gasteiger partial charge in [0.15, 0.2) is 0 Å². The van der Waals surface area contributed by atoms with Crippen LogP contribution in [-0.4, -0.2) is 11.3 Å². The van der Waals surface area contributed by atoms with Gasteiger partial charge in [0, 0.05) is 61.5 Å². The second-order valence-electron chi connectivity index (χ2n) is 45.8. The number of rotatable bonds is 8. The summed E-state index contributed by atoms with van der Waals surface area (Å²) in [7, 11) is 0. The maximum atomic E-state index is 11.8. The Morgan fingerprint density at radius 3 is 1.18 bits per heavy atom. The van der Waals surface area contributed by atoms with Crippen LogP contribution in [0, 0.1) is 0 Å². The largest absolute Gasteiger partial charge is 0.310 e. The molecular weight excluding hydrogens is 1450 g/mol. The highest BCUT2D eigenvalue weighted by Crippen LogP contribution is 2.58. The Morgan fingerprint density at radius 2 is 0.683 bits per heavy atom. The van der Waals surface area contributed by atoms with Crippen LogP contribution in [-0.2, 0) is 59.6 Å². The second kappa shape index (κ2) is 28.9. The molecule has 0 amide bonds. The lowest BCUT2D eigenvalue weighted by molar-refractivity contribution is 0.569. The van der Waals surface area contributed by atoms with Gasteiger partial charge < -0.3 is 14.4 Å². The van der Waals surface area contributed by atoms with Crippen LogP contribution in [0.15, 0.2) is 224 Å². The fourth-order valence-electron chi connectivity index (χ4n) is 17.4. The molecular formula is C116H136BN3. The van der Waals surface area contributed by atoms with Crippen molar-refractivity contribution in [2.75, 3.05) is 9.80 Å². The highest BCUT2D eigenvalue weighted by Gasteiger charge is 2.48. The van der Waals surface area contributed by atoms with Crippen molar-refractivity contribution in [3.8, 4) is 61.3 Å². The summed E-state index contributed by atoms with van der Waals surface area (Å²) < 4.78 is 149. The van der Waals surface area contributed by atoms with Crippen molar-refractivity contribution in [3.05, 3.63) is 285 Å². The van der Waals surface area contributed by atoms with Crippen LogP contribution in [0.2, 0.25) is 0 Å². The standard InChI is InChI=1S/C116H136BN3/c1-106(2,3)75-46-43-72(44-47-75)86-64-81(112(19,20)21)67-92(88-61-76(107(4,5)6)48-52-94(88)116(31,32)33)104(86)120-100-70-84(118-97-55-49-77(108(7,8)9)62-89(97)90-63-78(109(10,11)12)50-56-98(90)118)51-54-96(100)117-95-53-45-73(71-39-35-34-36-40-71)59-99(95)119(101-68-83(114(25,26)27)69-102(120)103(101)117)105-87(74-57-79(110(13,14)15)60-80(58-74)111(16,17)18)65-82(113(22,23)24)66-91(105)85-41-37-38-42-93(85)115(28,29)30/h34-70H,1-33H3/i34D,35D,36D,39D,40D,43D,44D,46D,47D,48D,52D,61D,64D,67D. The summed E-state index contributed by atoms with van der Waals surface area (Å²) in [5, 5.41) is 2.07. The molecule has 2 aliphatic rings. The van der Waals surface area contributed by atoms with E-state index >= 15 is 0 Å². The molecule has 120 heavy (non-hydrogen) atoms. The summed E-state index contributed by atoms with van der Waals surface area (Å²) in [6, 6.07) is 46.6. The van der Waals surface area contributed by atoms with Gasteiger partial charge in [-0.05, 0) is 249 Å². The molecule has 2 aliphatic heterocycles. The van der Waals surface area contributed by atoms with E-state index in [0.29, 0.717) is 45.0 Å². The molecule has 15 rings (SSSR count). The first-order valence-electron chi connectivity index (χ1n) is 50.4. The number of aromatic nitrogens is 1. The fraction of sp³-hybridized carbons (Fsp3) is 0.379. The number of anilines is 6. The summed E-state index contributed by atoms with van der Waals surface area (Å²) in [6.45, 7) is 69.3. The average molecular weight is 1600 g/mol. The summed E-state index contributed by atoms with van der Waals surface area (Å²) in [4.78, 5) is 4.54. The lowest BCUT2D eigenvalue weighted by Crippen LogP contribution is -2.61. The van der Waals surface area contributed by atoms with Crippen molar-refractivity contribution >= 4 is 79.0 Å². The minimum Gasteiger partial charge on any atom is -0.310 e. The van der Waals surface area contributed by atoms with Crippen molar-refractivity contribution in [3.63, 3.8) is 0 Å². The van der Waals surface area contributed by atoms with Crippen LogP contribution in [0.1, 0.15) is 309 Å². The maximum Gasteiger partial charge on any atom is 0.252 e. The van der Waals surface area contributed by atoms with Gasteiger partial charge in [-0.3, -0.25) is 0 Å². The van der Waals surface area contributed by atoms with E-state index in [-0.39, 0.29) is 126 Å². The fourth-order valence-corrected chi connectivity index (χ4v) is 17.4. The van der Waals surface area contributed by atoms with Crippen LogP contribution in [0.3, 0.4) is 0 Å².